The van der Waals surface area contributed by atoms with E-state index in [0.717, 1.165) is 11.8 Å². The average molecular weight is 184 g/mol. The highest BCUT2D eigenvalue weighted by Gasteiger charge is 2.31. The molecule has 78 valence electrons. The largest absolute Gasteiger partial charge is 0.390 e. The highest BCUT2D eigenvalue weighted by Crippen LogP contribution is 2.37. The van der Waals surface area contributed by atoms with Crippen molar-refractivity contribution in [2.24, 2.45) is 17.8 Å². The second kappa shape index (κ2) is 4.00. The number of hydrogen-bond acceptors (Lipinski definition) is 1. The summed E-state index contributed by atoms with van der Waals surface area (Å²) in [7, 11) is 0. The maximum Gasteiger partial charge on any atom is 0.0619 e. The molecule has 0 radical (unpaired) electrons. The van der Waals surface area contributed by atoms with Gasteiger partial charge < -0.3 is 5.11 Å². The summed E-state index contributed by atoms with van der Waals surface area (Å²) in [5.74, 6) is 2.25. The van der Waals surface area contributed by atoms with Crippen molar-refractivity contribution < 1.29 is 5.11 Å². The highest BCUT2D eigenvalue weighted by atomic mass is 16.3. The molecular weight excluding hydrogens is 160 g/mol. The molecule has 0 spiro atoms. The van der Waals surface area contributed by atoms with E-state index in [1.807, 2.05) is 13.8 Å². The van der Waals surface area contributed by atoms with Gasteiger partial charge in [0.15, 0.2) is 0 Å². The average Bonchev–Trinajstić information content (AvgIpc) is 2.03. The summed E-state index contributed by atoms with van der Waals surface area (Å²) in [4.78, 5) is 0. The summed E-state index contributed by atoms with van der Waals surface area (Å²) in [5.41, 5.74) is -0.456. The van der Waals surface area contributed by atoms with E-state index >= 15 is 0 Å². The molecule has 1 aliphatic rings. The third kappa shape index (κ3) is 2.98. The molecule has 0 amide bonds. The molecule has 0 unspecified atom stereocenters. The topological polar surface area (TPSA) is 20.2 Å². The normalized spacial score (nSPS) is 30.9. The molecule has 1 fully saturated rings. The Morgan fingerprint density at radius 1 is 1.08 bits per heavy atom. The van der Waals surface area contributed by atoms with Crippen molar-refractivity contribution in [2.75, 3.05) is 0 Å². The lowest BCUT2D eigenvalue weighted by molar-refractivity contribution is -0.00902. The molecule has 1 aliphatic carbocycles. The van der Waals surface area contributed by atoms with E-state index in [1.165, 1.54) is 25.7 Å². The van der Waals surface area contributed by atoms with Crippen molar-refractivity contribution in [3.8, 4) is 0 Å². The molecule has 0 aromatic heterocycles. The first-order valence-electron chi connectivity index (χ1n) is 5.63. The predicted octanol–water partition coefficient (Wildman–Crippen LogP) is 3.22. The Morgan fingerprint density at radius 3 is 1.85 bits per heavy atom. The zero-order chi connectivity index (χ0) is 10.1. The standard InChI is InChI=1S/C12H24O/c1-9(2)10-5-7-11(8-6-10)12(3,4)13/h9-11,13H,5-8H2,1-4H3/t10-,11-. The van der Waals surface area contributed by atoms with Gasteiger partial charge in [0, 0.05) is 0 Å². The van der Waals surface area contributed by atoms with Gasteiger partial charge in [-0.05, 0) is 57.3 Å². The van der Waals surface area contributed by atoms with Crippen molar-refractivity contribution >= 4 is 0 Å². The van der Waals surface area contributed by atoms with Crippen LogP contribution < -0.4 is 0 Å². The molecule has 0 saturated heterocycles. The van der Waals surface area contributed by atoms with Gasteiger partial charge in [0.1, 0.15) is 0 Å². The van der Waals surface area contributed by atoms with Gasteiger partial charge in [0.25, 0.3) is 0 Å². The number of rotatable bonds is 2. The summed E-state index contributed by atoms with van der Waals surface area (Å²) in [6.45, 7) is 8.53. The predicted molar refractivity (Wildman–Crippen MR) is 56.6 cm³/mol. The minimum absolute atomic E-state index is 0.456. The number of hydrogen-bond donors (Lipinski definition) is 1. The molecule has 1 heteroatoms. The van der Waals surface area contributed by atoms with Gasteiger partial charge in [-0.2, -0.15) is 0 Å². The maximum atomic E-state index is 9.87. The smallest absolute Gasteiger partial charge is 0.0619 e. The third-order valence-electron chi connectivity index (χ3n) is 3.71. The lowest BCUT2D eigenvalue weighted by Gasteiger charge is -2.37. The van der Waals surface area contributed by atoms with Crippen LogP contribution in [-0.2, 0) is 0 Å². The maximum absolute atomic E-state index is 9.87. The SMILES string of the molecule is CC(C)[C@H]1CC[C@H](C(C)(C)O)CC1. The van der Waals surface area contributed by atoms with Crippen LogP contribution in [0.3, 0.4) is 0 Å². The monoisotopic (exact) mass is 184 g/mol. The lowest BCUT2D eigenvalue weighted by Crippen LogP contribution is -2.34. The van der Waals surface area contributed by atoms with E-state index in [9.17, 15) is 5.11 Å². The fraction of sp³-hybridized carbons (Fsp3) is 1.00. The first-order valence-corrected chi connectivity index (χ1v) is 5.63. The van der Waals surface area contributed by atoms with E-state index in [0.29, 0.717) is 5.92 Å². The molecule has 0 atom stereocenters. The molecular formula is C12H24O. The Labute approximate surface area is 82.5 Å². The van der Waals surface area contributed by atoms with E-state index in [-0.39, 0.29) is 0 Å². The van der Waals surface area contributed by atoms with E-state index < -0.39 is 5.60 Å². The zero-order valence-corrected chi connectivity index (χ0v) is 9.51. The Morgan fingerprint density at radius 2 is 1.54 bits per heavy atom. The van der Waals surface area contributed by atoms with Crippen LogP contribution in [0.2, 0.25) is 0 Å². The fourth-order valence-corrected chi connectivity index (χ4v) is 2.49. The lowest BCUT2D eigenvalue weighted by atomic mass is 9.72. The van der Waals surface area contributed by atoms with Crippen LogP contribution >= 0.6 is 0 Å². The molecule has 0 aliphatic heterocycles. The second-order valence-corrected chi connectivity index (χ2v) is 5.51. The van der Waals surface area contributed by atoms with Gasteiger partial charge >= 0.3 is 0 Å². The minimum Gasteiger partial charge on any atom is -0.390 e. The summed E-state index contributed by atoms with van der Waals surface area (Å²) in [5, 5.41) is 9.87. The molecule has 0 bridgehead atoms. The second-order valence-electron chi connectivity index (χ2n) is 5.51. The molecule has 0 heterocycles. The van der Waals surface area contributed by atoms with Crippen LogP contribution in [0.1, 0.15) is 53.4 Å². The van der Waals surface area contributed by atoms with Gasteiger partial charge in [-0.1, -0.05) is 13.8 Å². The van der Waals surface area contributed by atoms with E-state index in [1.54, 1.807) is 0 Å². The highest BCUT2D eigenvalue weighted by molar-refractivity contribution is 4.83. The van der Waals surface area contributed by atoms with Crippen LogP contribution in [0, 0.1) is 17.8 Å². The molecule has 0 aromatic rings. The number of aliphatic hydroxyl groups is 1. The van der Waals surface area contributed by atoms with Crippen molar-refractivity contribution in [1.82, 2.24) is 0 Å². The first-order chi connectivity index (χ1) is 5.91. The summed E-state index contributed by atoms with van der Waals surface area (Å²) in [6.07, 6.45) is 5.05. The Kier molecular flexibility index (Phi) is 3.39. The van der Waals surface area contributed by atoms with Crippen LogP contribution in [0.4, 0.5) is 0 Å². The van der Waals surface area contributed by atoms with Gasteiger partial charge in [-0.3, -0.25) is 0 Å². The summed E-state index contributed by atoms with van der Waals surface area (Å²) >= 11 is 0. The molecule has 13 heavy (non-hydrogen) atoms. The molecule has 0 aromatic carbocycles. The molecule has 1 N–H and O–H groups in total. The Bertz CT molecular complexity index is 147. The van der Waals surface area contributed by atoms with Crippen LogP contribution in [-0.4, -0.2) is 10.7 Å². The molecule has 1 saturated carbocycles. The van der Waals surface area contributed by atoms with Crippen molar-refractivity contribution in [3.05, 3.63) is 0 Å². The zero-order valence-electron chi connectivity index (χ0n) is 9.51. The Hall–Kier alpha value is -0.0400. The van der Waals surface area contributed by atoms with Gasteiger partial charge in [-0.25, -0.2) is 0 Å². The van der Waals surface area contributed by atoms with E-state index in [2.05, 4.69) is 13.8 Å². The van der Waals surface area contributed by atoms with Crippen molar-refractivity contribution in [3.63, 3.8) is 0 Å². The molecule has 1 rings (SSSR count). The van der Waals surface area contributed by atoms with Crippen molar-refractivity contribution in [1.29, 1.82) is 0 Å². The summed E-state index contributed by atoms with van der Waals surface area (Å²) in [6, 6.07) is 0. The van der Waals surface area contributed by atoms with Gasteiger partial charge in [-0.15, -0.1) is 0 Å². The van der Waals surface area contributed by atoms with Crippen LogP contribution in [0.15, 0.2) is 0 Å². The van der Waals surface area contributed by atoms with E-state index in [4.69, 9.17) is 0 Å². The van der Waals surface area contributed by atoms with Gasteiger partial charge in [0.2, 0.25) is 0 Å². The van der Waals surface area contributed by atoms with Crippen LogP contribution in [0.25, 0.3) is 0 Å². The quantitative estimate of drug-likeness (QED) is 0.698. The first kappa shape index (κ1) is 11.0. The van der Waals surface area contributed by atoms with Crippen LogP contribution in [0.5, 0.6) is 0 Å². The minimum atomic E-state index is -0.456. The fourth-order valence-electron chi connectivity index (χ4n) is 2.49. The summed E-state index contributed by atoms with van der Waals surface area (Å²) < 4.78 is 0. The molecule has 1 nitrogen and oxygen atoms in total. The van der Waals surface area contributed by atoms with Gasteiger partial charge in [0.05, 0.1) is 5.60 Å². The van der Waals surface area contributed by atoms with Crippen molar-refractivity contribution in [2.45, 2.75) is 59.0 Å². The third-order valence-corrected chi connectivity index (χ3v) is 3.71. The Balaban J connectivity index is 2.39.